The van der Waals surface area contributed by atoms with E-state index < -0.39 is 0 Å². The summed E-state index contributed by atoms with van der Waals surface area (Å²) in [6.45, 7) is 0. The minimum Gasteiger partial charge on any atom is -0.234 e. The van der Waals surface area contributed by atoms with Crippen LogP contribution < -0.4 is 0 Å². The highest BCUT2D eigenvalue weighted by molar-refractivity contribution is 5.52. The molecule has 0 heterocycles. The molecule has 1 rings (SSSR count). The van der Waals surface area contributed by atoms with Crippen LogP contribution in [0.15, 0.2) is 5.57 Å². The van der Waals surface area contributed by atoms with Crippen LogP contribution in [0.3, 0.4) is 0 Å². The Morgan fingerprint density at radius 1 is 0.643 bits per heavy atom. The summed E-state index contributed by atoms with van der Waals surface area (Å²) in [6, 6.07) is 0. The van der Waals surface area contributed by atoms with Gasteiger partial charge in [0, 0.05) is 5.57 Å². The lowest BCUT2D eigenvalue weighted by Gasteiger charge is -2.06. The van der Waals surface area contributed by atoms with E-state index in [1.807, 2.05) is 0 Å². The van der Waals surface area contributed by atoms with Crippen LogP contribution >= 0.6 is 0 Å². The van der Waals surface area contributed by atoms with Gasteiger partial charge in [0.1, 0.15) is 5.94 Å². The molecular formula is C13H22O. The Balaban J connectivity index is 2.27. The lowest BCUT2D eigenvalue weighted by atomic mass is 9.98. The Morgan fingerprint density at radius 3 is 1.36 bits per heavy atom. The van der Waals surface area contributed by atoms with Crippen LogP contribution in [-0.2, 0) is 4.79 Å². The van der Waals surface area contributed by atoms with E-state index in [-0.39, 0.29) is 0 Å². The first kappa shape index (κ1) is 11.5. The average molecular weight is 194 g/mol. The molecule has 0 radical (unpaired) electrons. The zero-order valence-corrected chi connectivity index (χ0v) is 9.19. The van der Waals surface area contributed by atoms with Crippen LogP contribution in [0.1, 0.15) is 70.6 Å². The zero-order valence-electron chi connectivity index (χ0n) is 9.19. The van der Waals surface area contributed by atoms with Crippen molar-refractivity contribution in [3.05, 3.63) is 5.57 Å². The molecule has 0 unspecified atom stereocenters. The summed E-state index contributed by atoms with van der Waals surface area (Å²) < 4.78 is 0. The highest BCUT2D eigenvalue weighted by Gasteiger charge is 2.01. The van der Waals surface area contributed by atoms with Gasteiger partial charge in [0.05, 0.1) is 0 Å². The van der Waals surface area contributed by atoms with Crippen molar-refractivity contribution < 1.29 is 4.79 Å². The Kier molecular flexibility index (Phi) is 6.43. The van der Waals surface area contributed by atoms with E-state index >= 15 is 0 Å². The Bertz CT molecular complexity index is 175. The van der Waals surface area contributed by atoms with Gasteiger partial charge in [0.15, 0.2) is 0 Å². The molecule has 1 aliphatic rings. The van der Waals surface area contributed by atoms with Gasteiger partial charge in [-0.25, -0.2) is 4.79 Å². The standard InChI is InChI=1S/C13H22O/c14-12-13-10-8-6-4-2-1-3-5-7-9-11-13/h1-11H2. The molecular weight excluding hydrogens is 172 g/mol. The third-order valence-electron chi connectivity index (χ3n) is 3.10. The summed E-state index contributed by atoms with van der Waals surface area (Å²) in [5, 5.41) is 0. The summed E-state index contributed by atoms with van der Waals surface area (Å²) in [4.78, 5) is 10.6. The first-order chi connectivity index (χ1) is 6.93. The fourth-order valence-corrected chi connectivity index (χ4v) is 2.14. The van der Waals surface area contributed by atoms with E-state index in [1.54, 1.807) is 0 Å². The summed E-state index contributed by atoms with van der Waals surface area (Å²) in [5.41, 5.74) is 1.03. The van der Waals surface area contributed by atoms with Crippen molar-refractivity contribution in [2.45, 2.75) is 70.6 Å². The van der Waals surface area contributed by atoms with Crippen molar-refractivity contribution in [2.24, 2.45) is 0 Å². The molecule has 1 nitrogen and oxygen atoms in total. The monoisotopic (exact) mass is 194 g/mol. The zero-order chi connectivity index (χ0) is 10.1. The molecule has 1 aliphatic carbocycles. The molecule has 0 atom stereocenters. The molecule has 0 bridgehead atoms. The maximum absolute atomic E-state index is 10.6. The highest BCUT2D eigenvalue weighted by Crippen LogP contribution is 2.18. The average Bonchev–Trinajstić information content (AvgIpc) is 2.19. The molecule has 14 heavy (non-hydrogen) atoms. The van der Waals surface area contributed by atoms with Gasteiger partial charge in [-0.1, -0.05) is 44.9 Å². The Labute approximate surface area is 87.6 Å². The fraction of sp³-hybridized carbons (Fsp3) is 0.846. The van der Waals surface area contributed by atoms with Crippen molar-refractivity contribution in [3.63, 3.8) is 0 Å². The van der Waals surface area contributed by atoms with Crippen molar-refractivity contribution in [2.75, 3.05) is 0 Å². The van der Waals surface area contributed by atoms with Gasteiger partial charge in [-0.3, -0.25) is 0 Å². The largest absolute Gasteiger partial charge is 0.234 e. The van der Waals surface area contributed by atoms with Gasteiger partial charge in [-0.05, 0) is 25.7 Å². The molecule has 0 aromatic carbocycles. The number of hydrogen-bond acceptors (Lipinski definition) is 1. The Morgan fingerprint density at radius 2 is 1.00 bits per heavy atom. The second-order valence-electron chi connectivity index (χ2n) is 4.39. The van der Waals surface area contributed by atoms with Crippen LogP contribution in [0.5, 0.6) is 0 Å². The number of allylic oxidation sites excluding steroid dienone is 1. The van der Waals surface area contributed by atoms with Gasteiger partial charge in [0.25, 0.3) is 0 Å². The van der Waals surface area contributed by atoms with Crippen LogP contribution in [0.25, 0.3) is 0 Å². The second-order valence-corrected chi connectivity index (χ2v) is 4.39. The van der Waals surface area contributed by atoms with Crippen molar-refractivity contribution >= 4 is 5.94 Å². The predicted octanol–water partition coefficient (Wildman–Crippen LogP) is 4.05. The third kappa shape index (κ3) is 5.24. The molecule has 1 saturated carbocycles. The smallest absolute Gasteiger partial charge is 0.123 e. The van der Waals surface area contributed by atoms with Crippen molar-refractivity contribution in [1.82, 2.24) is 0 Å². The highest BCUT2D eigenvalue weighted by atomic mass is 16.1. The summed E-state index contributed by atoms with van der Waals surface area (Å²) in [6.07, 6.45) is 13.9. The number of hydrogen-bond donors (Lipinski definition) is 0. The Hall–Kier alpha value is -0.550. The summed E-state index contributed by atoms with van der Waals surface area (Å²) in [7, 11) is 0. The normalized spacial score (nSPS) is 21.9. The minimum absolute atomic E-state index is 1.00. The lowest BCUT2D eigenvalue weighted by Crippen LogP contribution is -1.90. The van der Waals surface area contributed by atoms with Crippen LogP contribution in [-0.4, -0.2) is 5.94 Å². The predicted molar refractivity (Wildman–Crippen MR) is 60.0 cm³/mol. The molecule has 0 amide bonds. The third-order valence-corrected chi connectivity index (χ3v) is 3.10. The molecule has 1 fully saturated rings. The van der Waals surface area contributed by atoms with Gasteiger partial charge in [-0.15, -0.1) is 0 Å². The van der Waals surface area contributed by atoms with E-state index in [4.69, 9.17) is 0 Å². The van der Waals surface area contributed by atoms with Gasteiger partial charge in [0.2, 0.25) is 0 Å². The maximum atomic E-state index is 10.6. The number of carbonyl (C=O) groups excluding carboxylic acids is 1. The molecule has 0 aromatic heterocycles. The quantitative estimate of drug-likeness (QED) is 0.532. The van der Waals surface area contributed by atoms with E-state index in [0.717, 1.165) is 18.4 Å². The minimum atomic E-state index is 1.00. The van der Waals surface area contributed by atoms with Gasteiger partial charge in [-0.2, -0.15) is 0 Å². The van der Waals surface area contributed by atoms with Crippen LogP contribution in [0.4, 0.5) is 0 Å². The molecule has 0 spiro atoms. The molecule has 80 valence electrons. The summed E-state index contributed by atoms with van der Waals surface area (Å²) in [5.74, 6) is 2.12. The first-order valence-corrected chi connectivity index (χ1v) is 6.16. The molecule has 0 aromatic rings. The fourth-order valence-electron chi connectivity index (χ4n) is 2.14. The molecule has 1 heteroatoms. The molecule has 0 aliphatic heterocycles. The maximum Gasteiger partial charge on any atom is 0.123 e. The SMILES string of the molecule is O=C=C1CCCCCCCCCCC1. The van der Waals surface area contributed by atoms with Crippen molar-refractivity contribution in [1.29, 1.82) is 0 Å². The number of rotatable bonds is 0. The van der Waals surface area contributed by atoms with Gasteiger partial charge < -0.3 is 0 Å². The first-order valence-electron chi connectivity index (χ1n) is 6.16. The molecule has 0 saturated heterocycles. The van der Waals surface area contributed by atoms with Crippen LogP contribution in [0.2, 0.25) is 0 Å². The van der Waals surface area contributed by atoms with Crippen LogP contribution in [0, 0.1) is 0 Å². The van der Waals surface area contributed by atoms with E-state index in [2.05, 4.69) is 5.94 Å². The lowest BCUT2D eigenvalue weighted by molar-refractivity contribution is 0.534. The second kappa shape index (κ2) is 7.82. The van der Waals surface area contributed by atoms with E-state index in [1.165, 1.54) is 57.8 Å². The van der Waals surface area contributed by atoms with Gasteiger partial charge >= 0.3 is 0 Å². The summed E-state index contributed by atoms with van der Waals surface area (Å²) >= 11 is 0. The molecule has 0 N–H and O–H groups in total. The van der Waals surface area contributed by atoms with E-state index in [9.17, 15) is 4.79 Å². The van der Waals surface area contributed by atoms with Crippen molar-refractivity contribution in [3.8, 4) is 0 Å². The van der Waals surface area contributed by atoms with E-state index in [0.29, 0.717) is 0 Å². The topological polar surface area (TPSA) is 17.1 Å².